The van der Waals surface area contributed by atoms with Crippen molar-refractivity contribution in [3.8, 4) is 5.75 Å². The van der Waals surface area contributed by atoms with Crippen LogP contribution in [0.5, 0.6) is 5.75 Å². The average molecular weight is 371 g/mol. The Bertz CT molecular complexity index is 602. The summed E-state index contributed by atoms with van der Waals surface area (Å²) in [5.74, 6) is 6.93. The van der Waals surface area contributed by atoms with Crippen molar-refractivity contribution in [3.05, 3.63) is 38.8 Å². The predicted octanol–water partition coefficient (Wildman–Crippen LogP) is 3.18. The zero-order valence-electron chi connectivity index (χ0n) is 12.3. The van der Waals surface area contributed by atoms with Gasteiger partial charge in [-0.15, -0.1) is 5.10 Å². The van der Waals surface area contributed by atoms with E-state index in [0.717, 1.165) is 26.4 Å². The van der Waals surface area contributed by atoms with Gasteiger partial charge in [0, 0.05) is 4.47 Å². The number of hydrogen-bond acceptors (Lipinski definition) is 6. The molecule has 0 radical (unpaired) electrons. The summed E-state index contributed by atoms with van der Waals surface area (Å²) in [6.07, 6.45) is 0.711. The van der Waals surface area contributed by atoms with E-state index in [1.165, 1.54) is 11.5 Å². The van der Waals surface area contributed by atoms with E-state index < -0.39 is 0 Å². The number of hydrazine groups is 1. The van der Waals surface area contributed by atoms with Gasteiger partial charge in [-0.1, -0.05) is 34.3 Å². The van der Waals surface area contributed by atoms with Crippen molar-refractivity contribution in [3.63, 3.8) is 0 Å². The van der Waals surface area contributed by atoms with Crippen molar-refractivity contribution in [2.24, 2.45) is 5.84 Å². The van der Waals surface area contributed by atoms with E-state index >= 15 is 0 Å². The number of hydrogen-bond donors (Lipinski definition) is 2. The summed E-state index contributed by atoms with van der Waals surface area (Å²) in [5, 5.41) is 4.22. The van der Waals surface area contributed by atoms with E-state index in [-0.39, 0.29) is 6.04 Å². The Morgan fingerprint density at radius 3 is 2.81 bits per heavy atom. The quantitative estimate of drug-likeness (QED) is 0.603. The molecule has 0 aliphatic heterocycles. The van der Waals surface area contributed by atoms with E-state index in [2.05, 4.69) is 44.8 Å². The molecule has 0 aliphatic carbocycles. The number of nitrogens with zero attached hydrogens (tertiary/aromatic N) is 2. The zero-order chi connectivity index (χ0) is 15.4. The molecule has 114 valence electrons. The molecule has 3 N–H and O–H groups in total. The SMILES string of the molecule is COc1ccc(Br)cc1CC(NN)c1snnc1C(C)C. The third-order valence-corrected chi connectivity index (χ3v) is 4.62. The zero-order valence-corrected chi connectivity index (χ0v) is 14.7. The van der Waals surface area contributed by atoms with Gasteiger partial charge in [0.25, 0.3) is 0 Å². The molecular weight excluding hydrogens is 352 g/mol. The molecule has 0 bridgehead atoms. The second kappa shape index (κ2) is 7.31. The van der Waals surface area contributed by atoms with Crippen LogP contribution in [0.3, 0.4) is 0 Å². The van der Waals surface area contributed by atoms with E-state index in [0.29, 0.717) is 12.3 Å². The van der Waals surface area contributed by atoms with E-state index in [9.17, 15) is 0 Å². The van der Waals surface area contributed by atoms with Crippen molar-refractivity contribution < 1.29 is 4.74 Å². The first kappa shape index (κ1) is 16.4. The van der Waals surface area contributed by atoms with Crippen molar-refractivity contribution in [2.75, 3.05) is 7.11 Å². The lowest BCUT2D eigenvalue weighted by Crippen LogP contribution is -2.30. The van der Waals surface area contributed by atoms with Crippen LogP contribution in [0, 0.1) is 0 Å². The van der Waals surface area contributed by atoms with Crippen LogP contribution in [0.2, 0.25) is 0 Å². The summed E-state index contributed by atoms with van der Waals surface area (Å²) in [6.45, 7) is 4.21. The number of methoxy groups -OCH3 is 1. The number of benzene rings is 1. The van der Waals surface area contributed by atoms with Gasteiger partial charge in [-0.3, -0.25) is 11.3 Å². The smallest absolute Gasteiger partial charge is 0.122 e. The minimum Gasteiger partial charge on any atom is -0.496 e. The van der Waals surface area contributed by atoms with Gasteiger partial charge in [-0.2, -0.15) is 0 Å². The molecule has 0 aliphatic rings. The first-order valence-corrected chi connectivity index (χ1v) is 8.24. The van der Waals surface area contributed by atoms with Crippen molar-refractivity contribution in [1.82, 2.24) is 15.0 Å². The summed E-state index contributed by atoms with van der Waals surface area (Å²) >= 11 is 4.89. The van der Waals surface area contributed by atoms with E-state index in [1.807, 2.05) is 18.2 Å². The molecule has 7 heteroatoms. The third-order valence-electron chi connectivity index (χ3n) is 3.27. The minimum atomic E-state index is -0.0365. The second-order valence-electron chi connectivity index (χ2n) is 5.06. The molecule has 0 fully saturated rings. The average Bonchev–Trinajstić information content (AvgIpc) is 2.94. The standard InChI is InChI=1S/C14H19BrN4OS/c1-8(2)13-14(21-19-18-13)11(17-16)7-9-6-10(15)4-5-12(9)20-3/h4-6,8,11,17H,7,16H2,1-3H3. The molecule has 1 heterocycles. The van der Waals surface area contributed by atoms with Gasteiger partial charge in [0.05, 0.1) is 23.7 Å². The minimum absolute atomic E-state index is 0.0365. The van der Waals surface area contributed by atoms with Crippen molar-refractivity contribution in [2.45, 2.75) is 32.2 Å². The Balaban J connectivity index is 2.31. The normalized spacial score (nSPS) is 12.7. The highest BCUT2D eigenvalue weighted by atomic mass is 79.9. The Kier molecular flexibility index (Phi) is 5.69. The molecule has 5 nitrogen and oxygen atoms in total. The molecule has 2 aromatic rings. The van der Waals surface area contributed by atoms with Gasteiger partial charge in [-0.05, 0) is 47.6 Å². The van der Waals surface area contributed by atoms with Crippen LogP contribution in [0.4, 0.5) is 0 Å². The molecular formula is C14H19BrN4OS. The Labute approximate surface area is 137 Å². The topological polar surface area (TPSA) is 73.1 Å². The second-order valence-corrected chi connectivity index (χ2v) is 6.76. The van der Waals surface area contributed by atoms with Crippen LogP contribution in [-0.2, 0) is 6.42 Å². The summed E-state index contributed by atoms with van der Waals surface area (Å²) in [5.41, 5.74) is 4.96. The first-order chi connectivity index (χ1) is 10.1. The summed E-state index contributed by atoms with van der Waals surface area (Å²) in [4.78, 5) is 1.08. The van der Waals surface area contributed by atoms with Gasteiger partial charge < -0.3 is 4.74 Å². The number of nitrogens with one attached hydrogen (secondary N) is 1. The highest BCUT2D eigenvalue weighted by Crippen LogP contribution is 2.31. The van der Waals surface area contributed by atoms with Gasteiger partial charge in [0.1, 0.15) is 5.75 Å². The van der Waals surface area contributed by atoms with Crippen LogP contribution in [-0.4, -0.2) is 16.7 Å². The molecule has 0 saturated heterocycles. The third kappa shape index (κ3) is 3.79. The van der Waals surface area contributed by atoms with Gasteiger partial charge >= 0.3 is 0 Å². The molecule has 1 unspecified atom stereocenters. The number of aromatic nitrogens is 2. The Hall–Kier alpha value is -1.02. The molecule has 0 saturated carbocycles. The molecule has 1 aromatic carbocycles. The van der Waals surface area contributed by atoms with Crippen LogP contribution < -0.4 is 16.0 Å². The molecule has 2 rings (SSSR count). The number of halogens is 1. The summed E-state index contributed by atoms with van der Waals surface area (Å²) < 4.78 is 10.5. The fraction of sp³-hybridized carbons (Fsp3) is 0.429. The van der Waals surface area contributed by atoms with E-state index in [4.69, 9.17) is 10.6 Å². The van der Waals surface area contributed by atoms with Crippen LogP contribution >= 0.6 is 27.5 Å². The monoisotopic (exact) mass is 370 g/mol. The Morgan fingerprint density at radius 1 is 1.43 bits per heavy atom. The number of nitrogens with two attached hydrogens (primary N) is 1. The lowest BCUT2D eigenvalue weighted by molar-refractivity contribution is 0.405. The van der Waals surface area contributed by atoms with Crippen LogP contribution in [0.25, 0.3) is 0 Å². The van der Waals surface area contributed by atoms with Gasteiger partial charge in [0.15, 0.2) is 0 Å². The van der Waals surface area contributed by atoms with Crippen LogP contribution in [0.15, 0.2) is 22.7 Å². The van der Waals surface area contributed by atoms with E-state index in [1.54, 1.807) is 7.11 Å². The predicted molar refractivity (Wildman–Crippen MR) is 88.5 cm³/mol. The number of ether oxygens (including phenoxy) is 1. The fourth-order valence-electron chi connectivity index (χ4n) is 2.20. The molecule has 21 heavy (non-hydrogen) atoms. The maximum absolute atomic E-state index is 5.76. The maximum atomic E-state index is 5.76. The maximum Gasteiger partial charge on any atom is 0.122 e. The lowest BCUT2D eigenvalue weighted by Gasteiger charge is -2.18. The summed E-state index contributed by atoms with van der Waals surface area (Å²) in [7, 11) is 1.67. The molecule has 0 spiro atoms. The fourth-order valence-corrected chi connectivity index (χ4v) is 3.47. The van der Waals surface area contributed by atoms with Crippen molar-refractivity contribution >= 4 is 27.5 Å². The van der Waals surface area contributed by atoms with Gasteiger partial charge in [-0.25, -0.2) is 0 Å². The molecule has 1 atom stereocenters. The highest BCUT2D eigenvalue weighted by molar-refractivity contribution is 9.10. The lowest BCUT2D eigenvalue weighted by atomic mass is 10.00. The molecule has 0 amide bonds. The van der Waals surface area contributed by atoms with Gasteiger partial charge in [0.2, 0.25) is 0 Å². The largest absolute Gasteiger partial charge is 0.496 e. The Morgan fingerprint density at radius 2 is 2.19 bits per heavy atom. The highest BCUT2D eigenvalue weighted by Gasteiger charge is 2.22. The number of rotatable bonds is 6. The molecule has 1 aromatic heterocycles. The van der Waals surface area contributed by atoms with Crippen LogP contribution in [0.1, 0.15) is 41.9 Å². The van der Waals surface area contributed by atoms with Crippen molar-refractivity contribution in [1.29, 1.82) is 0 Å². The summed E-state index contributed by atoms with van der Waals surface area (Å²) in [6, 6.07) is 5.92. The first-order valence-electron chi connectivity index (χ1n) is 6.67.